The monoisotopic (exact) mass is 347 g/mol. The molecule has 1 aliphatic rings. The summed E-state index contributed by atoms with van der Waals surface area (Å²) < 4.78 is 5.90. The van der Waals surface area contributed by atoms with Crippen LogP contribution in [-0.2, 0) is 6.42 Å². The van der Waals surface area contributed by atoms with Gasteiger partial charge in [0.1, 0.15) is 18.5 Å². The average molecular weight is 347 g/mol. The van der Waals surface area contributed by atoms with Gasteiger partial charge in [-0.1, -0.05) is 60.7 Å². The van der Waals surface area contributed by atoms with Gasteiger partial charge in [0.15, 0.2) is 0 Å². The standard InChI is InChI=1S/C23H25NO2/c25-19(15-24-22-13-5-9-17-7-1-3-11-20(17)22)16-26-23-14-6-10-18-8-2-4-12-21(18)23/h1-4,6-8,10-12,14,19,22,24-25H,5,9,13,15-16H2/t19-,22+/m1/s1. The molecular weight excluding hydrogens is 322 g/mol. The highest BCUT2D eigenvalue weighted by atomic mass is 16.5. The minimum Gasteiger partial charge on any atom is -0.490 e. The smallest absolute Gasteiger partial charge is 0.127 e. The van der Waals surface area contributed by atoms with Gasteiger partial charge in [0.05, 0.1) is 0 Å². The van der Waals surface area contributed by atoms with Gasteiger partial charge in [-0.3, -0.25) is 0 Å². The van der Waals surface area contributed by atoms with E-state index in [0.29, 0.717) is 12.6 Å². The van der Waals surface area contributed by atoms with Crippen LogP contribution in [0.25, 0.3) is 10.8 Å². The summed E-state index contributed by atoms with van der Waals surface area (Å²) in [6.45, 7) is 0.819. The highest BCUT2D eigenvalue weighted by Crippen LogP contribution is 2.29. The van der Waals surface area contributed by atoms with Gasteiger partial charge in [0.2, 0.25) is 0 Å². The van der Waals surface area contributed by atoms with Crippen molar-refractivity contribution in [3.63, 3.8) is 0 Å². The molecule has 0 amide bonds. The van der Waals surface area contributed by atoms with E-state index in [2.05, 4.69) is 41.7 Å². The number of hydrogen-bond donors (Lipinski definition) is 2. The molecule has 3 aromatic carbocycles. The van der Waals surface area contributed by atoms with Gasteiger partial charge < -0.3 is 15.2 Å². The molecule has 3 heteroatoms. The van der Waals surface area contributed by atoms with Crippen LogP contribution in [0.4, 0.5) is 0 Å². The van der Waals surface area contributed by atoms with Crippen LogP contribution in [0.2, 0.25) is 0 Å². The van der Waals surface area contributed by atoms with E-state index in [-0.39, 0.29) is 6.61 Å². The molecule has 0 bridgehead atoms. The van der Waals surface area contributed by atoms with E-state index in [1.54, 1.807) is 0 Å². The lowest BCUT2D eigenvalue weighted by molar-refractivity contribution is 0.103. The Hall–Kier alpha value is -2.36. The van der Waals surface area contributed by atoms with E-state index >= 15 is 0 Å². The molecule has 0 saturated carbocycles. The van der Waals surface area contributed by atoms with E-state index in [1.807, 2.05) is 30.3 Å². The molecule has 26 heavy (non-hydrogen) atoms. The first-order valence-corrected chi connectivity index (χ1v) is 9.41. The second kappa shape index (κ2) is 7.90. The Bertz CT molecular complexity index is 871. The molecule has 134 valence electrons. The molecule has 0 radical (unpaired) electrons. The number of fused-ring (bicyclic) bond motifs is 2. The number of benzene rings is 3. The predicted molar refractivity (Wildman–Crippen MR) is 106 cm³/mol. The molecule has 0 spiro atoms. The summed E-state index contributed by atoms with van der Waals surface area (Å²) in [7, 11) is 0. The summed E-state index contributed by atoms with van der Waals surface area (Å²) in [5.41, 5.74) is 2.80. The quantitative estimate of drug-likeness (QED) is 0.700. The summed E-state index contributed by atoms with van der Waals surface area (Å²) >= 11 is 0. The number of nitrogens with one attached hydrogen (secondary N) is 1. The van der Waals surface area contributed by atoms with Crippen molar-refractivity contribution in [2.75, 3.05) is 13.2 Å². The number of hydrogen-bond acceptors (Lipinski definition) is 3. The van der Waals surface area contributed by atoms with Gasteiger partial charge in [0.25, 0.3) is 0 Å². The van der Waals surface area contributed by atoms with Crippen molar-refractivity contribution in [2.24, 2.45) is 0 Å². The summed E-state index contributed by atoms with van der Waals surface area (Å²) in [4.78, 5) is 0. The van der Waals surface area contributed by atoms with Crippen molar-refractivity contribution < 1.29 is 9.84 Å². The number of aliphatic hydroxyl groups excluding tert-OH is 1. The SMILES string of the molecule is O[C@H](CN[C@H]1CCCc2ccccc21)COc1cccc2ccccc12. The average Bonchev–Trinajstić information content (AvgIpc) is 2.70. The summed E-state index contributed by atoms with van der Waals surface area (Å²) in [6, 6.07) is 23.1. The van der Waals surface area contributed by atoms with Crippen molar-refractivity contribution in [1.82, 2.24) is 5.32 Å². The zero-order chi connectivity index (χ0) is 17.8. The van der Waals surface area contributed by atoms with Crippen molar-refractivity contribution in [1.29, 1.82) is 0 Å². The van der Waals surface area contributed by atoms with Gasteiger partial charge in [-0.15, -0.1) is 0 Å². The Morgan fingerprint density at radius 3 is 2.77 bits per heavy atom. The van der Waals surface area contributed by atoms with E-state index in [1.165, 1.54) is 17.5 Å². The van der Waals surface area contributed by atoms with Crippen molar-refractivity contribution >= 4 is 10.8 Å². The van der Waals surface area contributed by atoms with Crippen LogP contribution < -0.4 is 10.1 Å². The van der Waals surface area contributed by atoms with Gasteiger partial charge in [-0.2, -0.15) is 0 Å². The minimum atomic E-state index is -0.539. The molecule has 2 atom stereocenters. The zero-order valence-corrected chi connectivity index (χ0v) is 14.9. The second-order valence-electron chi connectivity index (χ2n) is 6.99. The van der Waals surface area contributed by atoms with E-state index in [9.17, 15) is 5.11 Å². The summed E-state index contributed by atoms with van der Waals surface area (Å²) in [5, 5.41) is 16.1. The molecule has 0 heterocycles. The van der Waals surface area contributed by atoms with E-state index < -0.39 is 6.10 Å². The number of aliphatic hydroxyl groups is 1. The summed E-state index contributed by atoms with van der Waals surface area (Å²) in [5.74, 6) is 0.824. The first kappa shape index (κ1) is 17.1. The molecule has 1 aliphatic carbocycles. The number of ether oxygens (including phenoxy) is 1. The van der Waals surface area contributed by atoms with Crippen molar-refractivity contribution in [3.05, 3.63) is 77.9 Å². The van der Waals surface area contributed by atoms with Gasteiger partial charge in [-0.05, 0) is 41.8 Å². The molecule has 3 nitrogen and oxygen atoms in total. The maximum Gasteiger partial charge on any atom is 0.127 e. The molecule has 4 rings (SSSR count). The lowest BCUT2D eigenvalue weighted by Gasteiger charge is -2.27. The highest BCUT2D eigenvalue weighted by Gasteiger charge is 2.20. The molecule has 0 aliphatic heterocycles. The van der Waals surface area contributed by atoms with Crippen LogP contribution >= 0.6 is 0 Å². The molecule has 3 aromatic rings. The molecule has 0 unspecified atom stereocenters. The largest absolute Gasteiger partial charge is 0.490 e. The Morgan fingerprint density at radius 2 is 1.81 bits per heavy atom. The van der Waals surface area contributed by atoms with Gasteiger partial charge in [0, 0.05) is 18.0 Å². The second-order valence-corrected chi connectivity index (χ2v) is 6.99. The topological polar surface area (TPSA) is 41.5 Å². The predicted octanol–water partition coefficient (Wildman–Crippen LogP) is 4.25. The fourth-order valence-electron chi connectivity index (χ4n) is 3.81. The third kappa shape index (κ3) is 3.74. The van der Waals surface area contributed by atoms with E-state index in [4.69, 9.17) is 4.74 Å². The molecule has 0 saturated heterocycles. The van der Waals surface area contributed by atoms with Crippen LogP contribution in [-0.4, -0.2) is 24.4 Å². The first-order chi connectivity index (χ1) is 12.8. The minimum absolute atomic E-state index is 0.287. The van der Waals surface area contributed by atoms with Crippen LogP contribution in [0.1, 0.15) is 30.0 Å². The van der Waals surface area contributed by atoms with Crippen molar-refractivity contribution in [3.8, 4) is 5.75 Å². The summed E-state index contributed by atoms with van der Waals surface area (Å²) in [6.07, 6.45) is 2.93. The number of rotatable bonds is 6. The van der Waals surface area contributed by atoms with Gasteiger partial charge in [-0.25, -0.2) is 0 Å². The Morgan fingerprint density at radius 1 is 1.00 bits per heavy atom. The van der Waals surface area contributed by atoms with Crippen LogP contribution in [0.5, 0.6) is 5.75 Å². The lowest BCUT2D eigenvalue weighted by Crippen LogP contribution is -2.35. The van der Waals surface area contributed by atoms with Crippen molar-refractivity contribution in [2.45, 2.75) is 31.4 Å². The molecular formula is C23H25NO2. The fourth-order valence-corrected chi connectivity index (χ4v) is 3.81. The Kier molecular flexibility index (Phi) is 5.19. The lowest BCUT2D eigenvalue weighted by atomic mass is 9.88. The third-order valence-electron chi connectivity index (χ3n) is 5.15. The third-order valence-corrected chi connectivity index (χ3v) is 5.15. The molecule has 0 aromatic heterocycles. The zero-order valence-electron chi connectivity index (χ0n) is 14.9. The maximum absolute atomic E-state index is 10.4. The van der Waals surface area contributed by atoms with Crippen LogP contribution in [0, 0.1) is 0 Å². The normalized spacial score (nSPS) is 17.7. The fraction of sp³-hybridized carbons (Fsp3) is 0.304. The first-order valence-electron chi connectivity index (χ1n) is 9.41. The highest BCUT2D eigenvalue weighted by molar-refractivity contribution is 5.88. The Balaban J connectivity index is 1.34. The number of aryl methyl sites for hydroxylation is 1. The molecule has 2 N–H and O–H groups in total. The Labute approximate surface area is 154 Å². The van der Waals surface area contributed by atoms with Crippen LogP contribution in [0.15, 0.2) is 66.7 Å². The van der Waals surface area contributed by atoms with Crippen LogP contribution in [0.3, 0.4) is 0 Å². The maximum atomic E-state index is 10.4. The van der Waals surface area contributed by atoms with E-state index in [0.717, 1.165) is 29.4 Å². The van der Waals surface area contributed by atoms with Gasteiger partial charge >= 0.3 is 0 Å². The molecule has 0 fully saturated rings.